The molecule has 0 aliphatic heterocycles. The number of rotatable bonds is 10. The Morgan fingerprint density at radius 2 is 2.00 bits per heavy atom. The minimum absolute atomic E-state index is 0.144. The highest BCUT2D eigenvalue weighted by Crippen LogP contribution is 2.07. The van der Waals surface area contributed by atoms with Crippen molar-refractivity contribution in [3.05, 3.63) is 30.2 Å². The van der Waals surface area contributed by atoms with E-state index in [1.54, 1.807) is 36.3 Å². The molecule has 0 radical (unpaired) electrons. The minimum Gasteiger partial charge on any atom is -0.469 e. The van der Waals surface area contributed by atoms with E-state index in [1.165, 1.54) is 13.2 Å². The summed E-state index contributed by atoms with van der Waals surface area (Å²) < 4.78 is 9.95. The van der Waals surface area contributed by atoms with Gasteiger partial charge in [0.05, 0.1) is 19.3 Å². The summed E-state index contributed by atoms with van der Waals surface area (Å²) in [4.78, 5) is 28.1. The van der Waals surface area contributed by atoms with Crippen molar-refractivity contribution >= 4 is 18.0 Å². The Labute approximate surface area is 144 Å². The van der Waals surface area contributed by atoms with Crippen molar-refractivity contribution in [1.82, 2.24) is 9.80 Å². The molecule has 0 aliphatic carbocycles. The lowest BCUT2D eigenvalue weighted by atomic mass is 10.1. The van der Waals surface area contributed by atoms with Crippen LogP contribution >= 0.6 is 0 Å². The first-order valence-corrected chi connectivity index (χ1v) is 8.32. The van der Waals surface area contributed by atoms with E-state index in [4.69, 9.17) is 9.15 Å². The lowest BCUT2D eigenvalue weighted by molar-refractivity contribution is -0.146. The molecule has 0 aliphatic rings. The minimum atomic E-state index is -0.368. The van der Waals surface area contributed by atoms with Crippen LogP contribution in [0.4, 0.5) is 0 Å². The number of nitrogens with zero attached hydrogens (tertiary/aromatic N) is 2. The second-order valence-corrected chi connectivity index (χ2v) is 5.58. The maximum atomic E-state index is 12.5. The molecule has 24 heavy (non-hydrogen) atoms. The van der Waals surface area contributed by atoms with Crippen LogP contribution in [0.3, 0.4) is 0 Å². The van der Waals surface area contributed by atoms with Gasteiger partial charge in [0.2, 0.25) is 5.91 Å². The van der Waals surface area contributed by atoms with Gasteiger partial charge < -0.3 is 19.0 Å². The van der Waals surface area contributed by atoms with Gasteiger partial charge in [-0.1, -0.05) is 20.8 Å². The van der Waals surface area contributed by atoms with Gasteiger partial charge in [-0.3, -0.25) is 9.59 Å². The molecule has 134 valence electrons. The van der Waals surface area contributed by atoms with E-state index in [1.807, 2.05) is 0 Å². The summed E-state index contributed by atoms with van der Waals surface area (Å²) in [7, 11) is 1.36. The van der Waals surface area contributed by atoms with Gasteiger partial charge in [0.25, 0.3) is 0 Å². The van der Waals surface area contributed by atoms with E-state index in [2.05, 4.69) is 18.7 Å². The van der Waals surface area contributed by atoms with E-state index in [0.29, 0.717) is 18.8 Å². The monoisotopic (exact) mass is 336 g/mol. The molecule has 0 spiro atoms. The molecule has 1 unspecified atom stereocenters. The molecule has 1 amide bonds. The molecule has 0 saturated carbocycles. The fourth-order valence-electron chi connectivity index (χ4n) is 2.34. The van der Waals surface area contributed by atoms with Crippen molar-refractivity contribution in [2.24, 2.45) is 5.92 Å². The first kappa shape index (κ1) is 20.0. The first-order valence-electron chi connectivity index (χ1n) is 8.32. The molecular weight excluding hydrogens is 308 g/mol. The number of hydrogen-bond acceptors (Lipinski definition) is 5. The fourth-order valence-corrected chi connectivity index (χ4v) is 2.34. The first-order chi connectivity index (χ1) is 11.5. The van der Waals surface area contributed by atoms with Crippen LogP contribution in [0.2, 0.25) is 0 Å². The number of hydrogen-bond donors (Lipinski definition) is 0. The highest BCUT2D eigenvalue weighted by Gasteiger charge is 2.20. The molecule has 0 aromatic carbocycles. The summed E-state index contributed by atoms with van der Waals surface area (Å²) in [5.74, 6) is -0.208. The van der Waals surface area contributed by atoms with Crippen LogP contribution in [0.1, 0.15) is 26.5 Å². The lowest BCUT2D eigenvalue weighted by Crippen LogP contribution is -2.41. The zero-order valence-corrected chi connectivity index (χ0v) is 15.0. The van der Waals surface area contributed by atoms with Crippen LogP contribution in [0.25, 0.3) is 6.08 Å². The average molecular weight is 336 g/mol. The Hall–Kier alpha value is -2.08. The van der Waals surface area contributed by atoms with Gasteiger partial charge in [-0.05, 0) is 31.3 Å². The normalized spacial score (nSPS) is 12.5. The van der Waals surface area contributed by atoms with Gasteiger partial charge in [0, 0.05) is 25.7 Å². The van der Waals surface area contributed by atoms with Crippen LogP contribution in [-0.4, -0.2) is 61.5 Å². The zero-order valence-electron chi connectivity index (χ0n) is 15.0. The third-order valence-corrected chi connectivity index (χ3v) is 3.92. The van der Waals surface area contributed by atoms with Crippen molar-refractivity contribution in [2.75, 3.05) is 39.8 Å². The SMILES string of the molecule is CCN(CC)CCN(CC(C)C(=O)OC)C(=O)/C=C/c1ccco1. The van der Waals surface area contributed by atoms with Crippen LogP contribution < -0.4 is 0 Å². The van der Waals surface area contributed by atoms with Gasteiger partial charge in [-0.15, -0.1) is 0 Å². The average Bonchev–Trinajstić information content (AvgIpc) is 3.11. The van der Waals surface area contributed by atoms with E-state index in [0.717, 1.165) is 19.6 Å². The molecule has 6 nitrogen and oxygen atoms in total. The Balaban J connectivity index is 2.74. The van der Waals surface area contributed by atoms with E-state index < -0.39 is 0 Å². The Kier molecular flexibility index (Phi) is 8.86. The Morgan fingerprint density at radius 1 is 1.29 bits per heavy atom. The van der Waals surface area contributed by atoms with Gasteiger partial charge in [-0.25, -0.2) is 0 Å². The largest absolute Gasteiger partial charge is 0.469 e. The maximum absolute atomic E-state index is 12.5. The molecule has 0 bridgehead atoms. The van der Waals surface area contributed by atoms with Crippen molar-refractivity contribution in [2.45, 2.75) is 20.8 Å². The standard InChI is InChI=1S/C18H28N2O4/c1-5-19(6-2)11-12-20(14-15(3)18(22)23-4)17(21)10-9-16-8-7-13-24-16/h7-10,13,15H,5-6,11-12,14H2,1-4H3/b10-9+. The summed E-state index contributed by atoms with van der Waals surface area (Å²) >= 11 is 0. The second kappa shape index (κ2) is 10.6. The van der Waals surface area contributed by atoms with Crippen LogP contribution in [0.5, 0.6) is 0 Å². The molecule has 1 rings (SSSR count). The molecule has 1 aromatic rings. The summed E-state index contributed by atoms with van der Waals surface area (Å²) in [6.07, 6.45) is 4.67. The smallest absolute Gasteiger partial charge is 0.310 e. The van der Waals surface area contributed by atoms with Gasteiger partial charge >= 0.3 is 5.97 Å². The summed E-state index contributed by atoms with van der Waals surface area (Å²) in [5.41, 5.74) is 0. The summed E-state index contributed by atoms with van der Waals surface area (Å²) in [6.45, 7) is 9.44. The van der Waals surface area contributed by atoms with E-state index >= 15 is 0 Å². The van der Waals surface area contributed by atoms with Crippen molar-refractivity contribution in [1.29, 1.82) is 0 Å². The predicted octanol–water partition coefficient (Wildman–Crippen LogP) is 2.27. The van der Waals surface area contributed by atoms with Gasteiger partial charge in [-0.2, -0.15) is 0 Å². The Morgan fingerprint density at radius 3 is 2.54 bits per heavy atom. The zero-order chi connectivity index (χ0) is 17.9. The van der Waals surface area contributed by atoms with Crippen molar-refractivity contribution in [3.8, 4) is 0 Å². The molecule has 1 heterocycles. The summed E-state index contributed by atoms with van der Waals surface area (Å²) in [5, 5.41) is 0. The molecule has 1 aromatic heterocycles. The number of methoxy groups -OCH3 is 1. The van der Waals surface area contributed by atoms with Crippen LogP contribution in [0, 0.1) is 5.92 Å². The van der Waals surface area contributed by atoms with E-state index in [9.17, 15) is 9.59 Å². The van der Waals surface area contributed by atoms with Crippen LogP contribution in [-0.2, 0) is 14.3 Å². The molecule has 0 N–H and O–H groups in total. The molecular formula is C18H28N2O4. The van der Waals surface area contributed by atoms with Crippen LogP contribution in [0.15, 0.2) is 28.9 Å². The fraction of sp³-hybridized carbons (Fsp3) is 0.556. The molecule has 0 saturated heterocycles. The van der Waals surface area contributed by atoms with Crippen molar-refractivity contribution < 1.29 is 18.7 Å². The number of furan rings is 1. The number of carbonyl (C=O) groups excluding carboxylic acids is 2. The maximum Gasteiger partial charge on any atom is 0.310 e. The number of carbonyl (C=O) groups is 2. The van der Waals surface area contributed by atoms with Gasteiger partial charge in [0.15, 0.2) is 0 Å². The Bertz CT molecular complexity index is 521. The molecule has 0 fully saturated rings. The number of ether oxygens (including phenoxy) is 1. The third-order valence-electron chi connectivity index (χ3n) is 3.92. The lowest BCUT2D eigenvalue weighted by Gasteiger charge is -2.27. The third kappa shape index (κ3) is 6.58. The van der Waals surface area contributed by atoms with Gasteiger partial charge in [0.1, 0.15) is 5.76 Å². The number of amides is 1. The highest BCUT2D eigenvalue weighted by molar-refractivity contribution is 5.91. The molecule has 1 atom stereocenters. The number of likely N-dealkylation sites (N-methyl/N-ethyl adjacent to an activating group) is 1. The molecule has 6 heteroatoms. The van der Waals surface area contributed by atoms with E-state index in [-0.39, 0.29) is 17.8 Å². The highest BCUT2D eigenvalue weighted by atomic mass is 16.5. The summed E-state index contributed by atoms with van der Waals surface area (Å²) in [6, 6.07) is 3.54. The van der Waals surface area contributed by atoms with Crippen molar-refractivity contribution in [3.63, 3.8) is 0 Å². The quantitative estimate of drug-likeness (QED) is 0.484. The number of esters is 1. The predicted molar refractivity (Wildman–Crippen MR) is 93.3 cm³/mol. The topological polar surface area (TPSA) is 63.0 Å². The second-order valence-electron chi connectivity index (χ2n) is 5.58.